The van der Waals surface area contributed by atoms with Crippen molar-refractivity contribution in [1.82, 2.24) is 0 Å². The highest BCUT2D eigenvalue weighted by atomic mass is 16.3. The van der Waals surface area contributed by atoms with Crippen molar-refractivity contribution in [1.29, 1.82) is 0 Å². The Kier molecular flexibility index (Phi) is 6.99. The van der Waals surface area contributed by atoms with E-state index in [0.29, 0.717) is 6.42 Å². The molecule has 0 saturated carbocycles. The van der Waals surface area contributed by atoms with Crippen LogP contribution >= 0.6 is 0 Å². The molecule has 0 rings (SSSR count). The van der Waals surface area contributed by atoms with E-state index in [-0.39, 0.29) is 25.7 Å². The Morgan fingerprint density at radius 2 is 1.83 bits per heavy atom. The summed E-state index contributed by atoms with van der Waals surface area (Å²) in [6.45, 7) is -0.360. The summed E-state index contributed by atoms with van der Waals surface area (Å²) in [5, 5.41) is 35.0. The predicted octanol–water partition coefficient (Wildman–Crippen LogP) is -1.11. The minimum Gasteiger partial charge on any atom is -0.396 e. The van der Waals surface area contributed by atoms with Gasteiger partial charge in [-0.05, 0) is 6.42 Å². The average Bonchev–Trinajstić information content (AvgIpc) is 2.10. The number of aliphatic hydroxyl groups excluding tert-OH is 4. The lowest BCUT2D eigenvalue weighted by atomic mass is 10.00. The lowest BCUT2D eigenvalue weighted by Gasteiger charge is -2.16. The van der Waals surface area contributed by atoms with E-state index in [9.17, 15) is 5.11 Å². The number of hydrogen-bond acceptors (Lipinski definition) is 4. The van der Waals surface area contributed by atoms with Crippen molar-refractivity contribution in [2.45, 2.75) is 12.5 Å². The maximum absolute atomic E-state index is 9.30. The molecule has 0 aromatic carbocycles. The van der Waals surface area contributed by atoms with Gasteiger partial charge < -0.3 is 20.4 Å². The van der Waals surface area contributed by atoms with Gasteiger partial charge in [0.1, 0.15) is 0 Å². The van der Waals surface area contributed by atoms with E-state index in [1.807, 2.05) is 0 Å². The molecule has 4 N–H and O–H groups in total. The van der Waals surface area contributed by atoms with Gasteiger partial charge >= 0.3 is 0 Å². The lowest BCUT2D eigenvalue weighted by Crippen LogP contribution is -2.22. The molecule has 4 heteroatoms. The van der Waals surface area contributed by atoms with Crippen LogP contribution in [0.25, 0.3) is 0 Å². The van der Waals surface area contributed by atoms with Crippen LogP contribution in [-0.2, 0) is 0 Å². The summed E-state index contributed by atoms with van der Waals surface area (Å²) in [6, 6.07) is 0. The summed E-state index contributed by atoms with van der Waals surface area (Å²) in [4.78, 5) is 0. The SMILES string of the molecule is OCC=CC(O)C(CO)CCO. The number of hydrogen-bond donors (Lipinski definition) is 4. The van der Waals surface area contributed by atoms with Crippen molar-refractivity contribution in [2.24, 2.45) is 5.92 Å². The standard InChI is InChI=1S/C8H16O4/c9-4-1-2-8(12)7(6-11)3-5-10/h1-2,7-12H,3-6H2. The van der Waals surface area contributed by atoms with Gasteiger partial charge in [-0.3, -0.25) is 0 Å². The molecule has 2 atom stereocenters. The van der Waals surface area contributed by atoms with Gasteiger partial charge in [-0.2, -0.15) is 0 Å². The molecular formula is C8H16O4. The highest BCUT2D eigenvalue weighted by Crippen LogP contribution is 2.08. The normalized spacial score (nSPS) is 16.7. The molecular weight excluding hydrogens is 160 g/mol. The Morgan fingerprint density at radius 1 is 1.17 bits per heavy atom. The topological polar surface area (TPSA) is 80.9 Å². The van der Waals surface area contributed by atoms with Crippen LogP contribution in [0.4, 0.5) is 0 Å². The van der Waals surface area contributed by atoms with Crippen molar-refractivity contribution >= 4 is 0 Å². The van der Waals surface area contributed by atoms with Gasteiger partial charge in [0.25, 0.3) is 0 Å². The maximum atomic E-state index is 9.30. The fourth-order valence-corrected chi connectivity index (χ4v) is 0.893. The van der Waals surface area contributed by atoms with Crippen LogP contribution in [0.15, 0.2) is 12.2 Å². The van der Waals surface area contributed by atoms with Crippen LogP contribution in [0.5, 0.6) is 0 Å². The molecule has 0 aliphatic heterocycles. The quantitative estimate of drug-likeness (QED) is 0.387. The van der Waals surface area contributed by atoms with E-state index >= 15 is 0 Å². The zero-order chi connectivity index (χ0) is 9.40. The smallest absolute Gasteiger partial charge is 0.0772 e. The van der Waals surface area contributed by atoms with Crippen LogP contribution < -0.4 is 0 Å². The van der Waals surface area contributed by atoms with Gasteiger partial charge in [-0.25, -0.2) is 0 Å². The molecule has 0 radical (unpaired) electrons. The third-order valence-electron chi connectivity index (χ3n) is 1.66. The molecule has 0 aliphatic carbocycles. The van der Waals surface area contributed by atoms with Crippen molar-refractivity contribution in [2.75, 3.05) is 19.8 Å². The second-order valence-corrected chi connectivity index (χ2v) is 2.56. The van der Waals surface area contributed by atoms with Gasteiger partial charge in [0, 0.05) is 19.1 Å². The summed E-state index contributed by atoms with van der Waals surface area (Å²) in [6.07, 6.45) is 2.38. The fourth-order valence-electron chi connectivity index (χ4n) is 0.893. The summed E-state index contributed by atoms with van der Waals surface area (Å²) in [5.74, 6) is -0.349. The zero-order valence-electron chi connectivity index (χ0n) is 6.93. The summed E-state index contributed by atoms with van der Waals surface area (Å²) < 4.78 is 0. The maximum Gasteiger partial charge on any atom is 0.0772 e. The number of rotatable bonds is 6. The van der Waals surface area contributed by atoms with E-state index in [0.717, 1.165) is 0 Å². The van der Waals surface area contributed by atoms with Gasteiger partial charge in [0.2, 0.25) is 0 Å². The molecule has 0 heterocycles. The first-order chi connectivity index (χ1) is 5.76. The highest BCUT2D eigenvalue weighted by Gasteiger charge is 2.14. The van der Waals surface area contributed by atoms with Gasteiger partial charge in [-0.15, -0.1) is 0 Å². The minimum absolute atomic E-state index is 0.0603. The third kappa shape index (κ3) is 4.46. The average molecular weight is 176 g/mol. The third-order valence-corrected chi connectivity index (χ3v) is 1.66. The largest absolute Gasteiger partial charge is 0.396 e. The first kappa shape index (κ1) is 11.6. The second-order valence-electron chi connectivity index (χ2n) is 2.56. The first-order valence-corrected chi connectivity index (χ1v) is 3.93. The van der Waals surface area contributed by atoms with E-state index in [1.54, 1.807) is 0 Å². The van der Waals surface area contributed by atoms with Gasteiger partial charge in [0.05, 0.1) is 12.7 Å². The van der Waals surface area contributed by atoms with Crippen LogP contribution in [0.3, 0.4) is 0 Å². The predicted molar refractivity (Wildman–Crippen MR) is 44.5 cm³/mol. The Labute approximate surface area is 71.8 Å². The van der Waals surface area contributed by atoms with Crippen molar-refractivity contribution in [3.05, 3.63) is 12.2 Å². The van der Waals surface area contributed by atoms with E-state index in [2.05, 4.69) is 0 Å². The lowest BCUT2D eigenvalue weighted by molar-refractivity contribution is 0.0809. The van der Waals surface area contributed by atoms with Crippen molar-refractivity contribution in [3.63, 3.8) is 0 Å². The van der Waals surface area contributed by atoms with Crippen LogP contribution in [0, 0.1) is 5.92 Å². The zero-order valence-corrected chi connectivity index (χ0v) is 6.93. The summed E-state index contributed by atoms with van der Waals surface area (Å²) in [7, 11) is 0. The molecule has 0 amide bonds. The molecule has 2 unspecified atom stereocenters. The molecule has 0 fully saturated rings. The molecule has 12 heavy (non-hydrogen) atoms. The van der Waals surface area contributed by atoms with Crippen molar-refractivity contribution < 1.29 is 20.4 Å². The Bertz CT molecular complexity index is 124. The van der Waals surface area contributed by atoms with E-state index in [1.165, 1.54) is 12.2 Å². The monoisotopic (exact) mass is 176 g/mol. The Morgan fingerprint density at radius 3 is 2.25 bits per heavy atom. The molecule has 0 bridgehead atoms. The molecule has 0 aliphatic rings. The molecule has 0 spiro atoms. The fraction of sp³-hybridized carbons (Fsp3) is 0.750. The Hall–Kier alpha value is -0.420. The summed E-state index contributed by atoms with van der Waals surface area (Å²) in [5.41, 5.74) is 0. The summed E-state index contributed by atoms with van der Waals surface area (Å²) >= 11 is 0. The Balaban J connectivity index is 3.84. The van der Waals surface area contributed by atoms with Gasteiger partial charge in [-0.1, -0.05) is 12.2 Å². The highest BCUT2D eigenvalue weighted by molar-refractivity contribution is 4.91. The van der Waals surface area contributed by atoms with E-state index in [4.69, 9.17) is 15.3 Å². The second kappa shape index (κ2) is 7.24. The first-order valence-electron chi connectivity index (χ1n) is 3.93. The van der Waals surface area contributed by atoms with Crippen LogP contribution in [-0.4, -0.2) is 46.4 Å². The molecule has 4 nitrogen and oxygen atoms in total. The number of aliphatic hydroxyl groups is 4. The van der Waals surface area contributed by atoms with Gasteiger partial charge in [0.15, 0.2) is 0 Å². The van der Waals surface area contributed by atoms with Crippen molar-refractivity contribution in [3.8, 4) is 0 Å². The molecule has 0 aromatic heterocycles. The molecule has 0 saturated heterocycles. The van der Waals surface area contributed by atoms with Crippen LogP contribution in [0.2, 0.25) is 0 Å². The minimum atomic E-state index is -0.797. The van der Waals surface area contributed by atoms with E-state index < -0.39 is 6.10 Å². The van der Waals surface area contributed by atoms with Crippen LogP contribution in [0.1, 0.15) is 6.42 Å². The molecule has 72 valence electrons. The molecule has 0 aromatic rings.